The Kier molecular flexibility index (Phi) is 1.77. The Labute approximate surface area is 47.4 Å². The average molecular weight is 116 g/mol. The van der Waals surface area contributed by atoms with E-state index in [1.165, 1.54) is 0 Å². The van der Waals surface area contributed by atoms with Crippen LogP contribution in [-0.4, -0.2) is 17.0 Å². The summed E-state index contributed by atoms with van der Waals surface area (Å²) in [5.74, 6) is 1.07. The highest BCUT2D eigenvalue weighted by Crippen LogP contribution is 2.13. The fourth-order valence-electron chi connectivity index (χ4n) is 0.499. The van der Waals surface area contributed by atoms with Gasteiger partial charge in [0.05, 0.1) is 6.10 Å². The summed E-state index contributed by atoms with van der Waals surface area (Å²) >= 11 is 1.76. The second-order valence-electron chi connectivity index (χ2n) is 1.56. The first kappa shape index (κ1) is 5.19. The van der Waals surface area contributed by atoms with Crippen LogP contribution in [0.25, 0.3) is 0 Å². The lowest BCUT2D eigenvalue weighted by Crippen LogP contribution is -2.05. The van der Waals surface area contributed by atoms with Crippen molar-refractivity contribution in [2.24, 2.45) is 0 Å². The fraction of sp³-hybridized carbons (Fsp3) is 0.600. The van der Waals surface area contributed by atoms with E-state index in [1.807, 2.05) is 11.5 Å². The highest BCUT2D eigenvalue weighted by atomic mass is 32.2. The molecule has 0 spiro atoms. The van der Waals surface area contributed by atoms with Crippen molar-refractivity contribution in [3.05, 3.63) is 11.5 Å². The lowest BCUT2D eigenvalue weighted by Gasteiger charge is -2.07. The van der Waals surface area contributed by atoms with Gasteiger partial charge in [-0.25, -0.2) is 0 Å². The molecule has 1 N–H and O–H groups in total. The number of hydrogen-bond acceptors (Lipinski definition) is 2. The molecule has 40 valence electrons. The summed E-state index contributed by atoms with van der Waals surface area (Å²) in [5.41, 5.74) is 0. The van der Waals surface area contributed by atoms with Gasteiger partial charge in [0, 0.05) is 5.75 Å². The third-order valence-electron chi connectivity index (χ3n) is 0.928. The summed E-state index contributed by atoms with van der Waals surface area (Å²) in [6, 6.07) is 0. The van der Waals surface area contributed by atoms with Gasteiger partial charge in [0.2, 0.25) is 0 Å². The summed E-state index contributed by atoms with van der Waals surface area (Å²) in [5, 5.41) is 10.8. The molecule has 2 heteroatoms. The van der Waals surface area contributed by atoms with E-state index in [9.17, 15) is 0 Å². The molecule has 1 aliphatic rings. The van der Waals surface area contributed by atoms with Gasteiger partial charge in [-0.05, 0) is 17.9 Å². The van der Waals surface area contributed by atoms with Gasteiger partial charge in [-0.15, -0.1) is 11.8 Å². The maximum Gasteiger partial charge on any atom is 0.0736 e. The van der Waals surface area contributed by atoms with Crippen LogP contribution in [0.5, 0.6) is 0 Å². The van der Waals surface area contributed by atoms with Gasteiger partial charge in [-0.2, -0.15) is 0 Å². The molecule has 1 rings (SSSR count). The van der Waals surface area contributed by atoms with Crippen LogP contribution >= 0.6 is 11.8 Å². The largest absolute Gasteiger partial charge is 0.389 e. The standard InChI is InChI=1S/C5H8OS/c6-5-1-3-7-4-2-5/h1,3,5-6H,2,4H2. The topological polar surface area (TPSA) is 20.2 Å². The van der Waals surface area contributed by atoms with Crippen molar-refractivity contribution in [3.8, 4) is 0 Å². The monoisotopic (exact) mass is 116 g/mol. The average Bonchev–Trinajstić information content (AvgIpc) is 1.69. The van der Waals surface area contributed by atoms with Crippen LogP contribution in [0.3, 0.4) is 0 Å². The number of thioether (sulfide) groups is 1. The Morgan fingerprint density at radius 3 is 2.86 bits per heavy atom. The Balaban J connectivity index is 2.36. The smallest absolute Gasteiger partial charge is 0.0736 e. The van der Waals surface area contributed by atoms with E-state index < -0.39 is 0 Å². The molecule has 1 nitrogen and oxygen atoms in total. The molecule has 1 unspecified atom stereocenters. The van der Waals surface area contributed by atoms with Gasteiger partial charge in [-0.1, -0.05) is 0 Å². The highest BCUT2D eigenvalue weighted by molar-refractivity contribution is 8.02. The summed E-state index contributed by atoms with van der Waals surface area (Å²) in [6.07, 6.45) is 2.58. The van der Waals surface area contributed by atoms with Gasteiger partial charge in [0.15, 0.2) is 0 Å². The van der Waals surface area contributed by atoms with E-state index in [0.29, 0.717) is 0 Å². The first-order chi connectivity index (χ1) is 3.39. The normalized spacial score (nSPS) is 30.7. The fourth-order valence-corrected chi connectivity index (χ4v) is 1.31. The van der Waals surface area contributed by atoms with Crippen molar-refractivity contribution in [2.45, 2.75) is 12.5 Å². The lowest BCUT2D eigenvalue weighted by molar-refractivity contribution is 0.219. The number of hydrogen-bond donors (Lipinski definition) is 1. The summed E-state index contributed by atoms with van der Waals surface area (Å²) < 4.78 is 0. The number of aliphatic hydroxyl groups is 1. The van der Waals surface area contributed by atoms with E-state index >= 15 is 0 Å². The summed E-state index contributed by atoms with van der Waals surface area (Å²) in [4.78, 5) is 0. The molecule has 1 aliphatic heterocycles. The predicted molar refractivity (Wildman–Crippen MR) is 32.2 cm³/mol. The van der Waals surface area contributed by atoms with Crippen molar-refractivity contribution in [3.63, 3.8) is 0 Å². The van der Waals surface area contributed by atoms with Gasteiger partial charge in [-0.3, -0.25) is 0 Å². The van der Waals surface area contributed by atoms with E-state index in [4.69, 9.17) is 5.11 Å². The van der Waals surface area contributed by atoms with Crippen LogP contribution in [0.15, 0.2) is 11.5 Å². The Bertz CT molecular complexity index is 80.1. The zero-order valence-corrected chi connectivity index (χ0v) is 4.82. The molecule has 0 radical (unpaired) electrons. The maximum absolute atomic E-state index is 8.81. The van der Waals surface area contributed by atoms with Crippen LogP contribution < -0.4 is 0 Å². The predicted octanol–water partition coefficient (Wildman–Crippen LogP) is 0.998. The molecule has 0 aromatic carbocycles. The minimum absolute atomic E-state index is 0.166. The first-order valence-corrected chi connectivity index (χ1v) is 3.41. The first-order valence-electron chi connectivity index (χ1n) is 2.36. The molecule has 0 aromatic heterocycles. The Morgan fingerprint density at radius 1 is 1.71 bits per heavy atom. The van der Waals surface area contributed by atoms with E-state index in [1.54, 1.807) is 11.8 Å². The lowest BCUT2D eigenvalue weighted by atomic mass is 10.3. The number of aliphatic hydroxyl groups excluding tert-OH is 1. The molecule has 0 bridgehead atoms. The molecular formula is C5H8OS. The van der Waals surface area contributed by atoms with Crippen molar-refractivity contribution in [2.75, 3.05) is 5.75 Å². The van der Waals surface area contributed by atoms with Gasteiger partial charge in [0.1, 0.15) is 0 Å². The van der Waals surface area contributed by atoms with Crippen LogP contribution in [-0.2, 0) is 0 Å². The summed E-state index contributed by atoms with van der Waals surface area (Å²) in [7, 11) is 0. The zero-order valence-electron chi connectivity index (χ0n) is 4.00. The highest BCUT2D eigenvalue weighted by Gasteiger charge is 2.01. The minimum Gasteiger partial charge on any atom is -0.389 e. The third-order valence-corrected chi connectivity index (χ3v) is 1.75. The molecule has 7 heavy (non-hydrogen) atoms. The van der Waals surface area contributed by atoms with Crippen molar-refractivity contribution < 1.29 is 5.11 Å². The summed E-state index contributed by atoms with van der Waals surface area (Å²) in [6.45, 7) is 0. The Morgan fingerprint density at radius 2 is 2.57 bits per heavy atom. The molecule has 0 saturated carbocycles. The molecule has 0 aliphatic carbocycles. The molecule has 0 saturated heterocycles. The van der Waals surface area contributed by atoms with Crippen molar-refractivity contribution in [1.82, 2.24) is 0 Å². The van der Waals surface area contributed by atoms with Crippen molar-refractivity contribution in [1.29, 1.82) is 0 Å². The molecule has 1 heterocycles. The minimum atomic E-state index is -0.166. The molecule has 0 aromatic rings. The number of rotatable bonds is 0. The molecule has 0 fully saturated rings. The van der Waals surface area contributed by atoms with Crippen molar-refractivity contribution >= 4 is 11.8 Å². The van der Waals surface area contributed by atoms with E-state index in [0.717, 1.165) is 12.2 Å². The maximum atomic E-state index is 8.81. The van der Waals surface area contributed by atoms with Crippen LogP contribution in [0, 0.1) is 0 Å². The zero-order chi connectivity index (χ0) is 5.11. The second-order valence-corrected chi connectivity index (χ2v) is 2.57. The third kappa shape index (κ3) is 1.53. The van der Waals surface area contributed by atoms with Crippen LogP contribution in [0.4, 0.5) is 0 Å². The molecule has 0 amide bonds. The van der Waals surface area contributed by atoms with E-state index in [2.05, 4.69) is 0 Å². The SMILES string of the molecule is OC1C=CSCC1. The molecular weight excluding hydrogens is 108 g/mol. The molecule has 1 atom stereocenters. The van der Waals surface area contributed by atoms with Gasteiger partial charge in [0.25, 0.3) is 0 Å². The van der Waals surface area contributed by atoms with Crippen LogP contribution in [0.1, 0.15) is 6.42 Å². The Hall–Kier alpha value is 0.0500. The van der Waals surface area contributed by atoms with Crippen LogP contribution in [0.2, 0.25) is 0 Å². The van der Waals surface area contributed by atoms with Gasteiger partial charge >= 0.3 is 0 Å². The quantitative estimate of drug-likeness (QED) is 0.509. The van der Waals surface area contributed by atoms with Gasteiger partial charge < -0.3 is 5.11 Å². The van der Waals surface area contributed by atoms with E-state index in [-0.39, 0.29) is 6.10 Å². The second kappa shape index (κ2) is 2.38.